The predicted octanol–water partition coefficient (Wildman–Crippen LogP) is 0.881. The molecule has 1 aromatic heterocycles. The summed E-state index contributed by atoms with van der Waals surface area (Å²) in [5.41, 5.74) is 0.510. The van der Waals surface area contributed by atoms with Crippen LogP contribution in [0.25, 0.3) is 0 Å². The van der Waals surface area contributed by atoms with Crippen LogP contribution < -0.4 is 10.8 Å². The molecule has 0 amide bonds. The molecule has 0 aromatic carbocycles. The number of thioether (sulfide) groups is 1. The van der Waals surface area contributed by atoms with E-state index in [4.69, 9.17) is 13.0 Å². The molecule has 0 saturated carbocycles. The fourth-order valence-corrected chi connectivity index (χ4v) is 2.90. The van der Waals surface area contributed by atoms with Crippen LogP contribution in [0.15, 0.2) is 12.3 Å². The Balaban J connectivity index is 2.16. The molecular weight excluding hydrogens is 235 g/mol. The second-order valence-corrected chi connectivity index (χ2v) is 5.23. The molecular formula is C11H13BN2O2S. The predicted molar refractivity (Wildman–Crippen MR) is 70.6 cm³/mol. The molecule has 2 heterocycles. The van der Waals surface area contributed by atoms with E-state index in [9.17, 15) is 4.79 Å². The molecule has 1 aliphatic heterocycles. The number of carboxylic acids is 1. The molecule has 0 bridgehead atoms. The molecule has 0 unspecified atom stereocenters. The van der Waals surface area contributed by atoms with Crippen LogP contribution in [0.4, 0.5) is 5.82 Å². The summed E-state index contributed by atoms with van der Waals surface area (Å²) >= 11 is 1.93. The summed E-state index contributed by atoms with van der Waals surface area (Å²) in [5.74, 6) is 1.63. The lowest BCUT2D eigenvalue weighted by Gasteiger charge is -2.23. The van der Waals surface area contributed by atoms with Crippen molar-refractivity contribution in [3.8, 4) is 0 Å². The summed E-state index contributed by atoms with van der Waals surface area (Å²) in [6, 6.07) is 1.75. The Hall–Kier alpha value is -1.17. The normalized spacial score (nSPS) is 16.7. The first-order valence-corrected chi connectivity index (χ1v) is 6.65. The van der Waals surface area contributed by atoms with Gasteiger partial charge in [-0.25, -0.2) is 9.78 Å². The van der Waals surface area contributed by atoms with Crippen molar-refractivity contribution in [1.82, 2.24) is 4.98 Å². The minimum Gasteiger partial charge on any atom is -0.478 e. The second kappa shape index (κ2) is 5.45. The lowest BCUT2D eigenvalue weighted by atomic mass is 9.97. The third kappa shape index (κ3) is 3.15. The Bertz CT molecular complexity index is 422. The van der Waals surface area contributed by atoms with Gasteiger partial charge in [0.05, 0.1) is 0 Å². The maximum atomic E-state index is 11.1. The Morgan fingerprint density at radius 1 is 1.53 bits per heavy atom. The third-order valence-corrected chi connectivity index (χ3v) is 3.75. The van der Waals surface area contributed by atoms with Gasteiger partial charge in [-0.05, 0) is 30.4 Å². The molecule has 1 saturated heterocycles. The third-order valence-electron chi connectivity index (χ3n) is 2.70. The summed E-state index contributed by atoms with van der Waals surface area (Å²) < 4.78 is 0. The highest BCUT2D eigenvalue weighted by Gasteiger charge is 2.17. The quantitative estimate of drug-likeness (QED) is 0.777. The zero-order chi connectivity index (χ0) is 12.3. The molecule has 4 nitrogen and oxygen atoms in total. The number of carboxylic acid groups (broad SMARTS) is 1. The van der Waals surface area contributed by atoms with Crippen molar-refractivity contribution < 1.29 is 9.90 Å². The van der Waals surface area contributed by atoms with Gasteiger partial charge in [-0.1, -0.05) is 5.46 Å². The summed E-state index contributed by atoms with van der Waals surface area (Å²) in [6.07, 6.45) is 3.55. The van der Waals surface area contributed by atoms with E-state index in [0.29, 0.717) is 17.3 Å². The van der Waals surface area contributed by atoms with Crippen molar-refractivity contribution in [2.45, 2.75) is 18.9 Å². The number of anilines is 1. The lowest BCUT2D eigenvalue weighted by molar-refractivity contribution is 0.0697. The van der Waals surface area contributed by atoms with E-state index < -0.39 is 5.97 Å². The number of pyridine rings is 1. The van der Waals surface area contributed by atoms with Crippen molar-refractivity contribution in [3.05, 3.63) is 17.8 Å². The average Bonchev–Trinajstić information content (AvgIpc) is 2.32. The molecule has 1 aliphatic rings. The molecule has 6 heteroatoms. The standard InChI is InChI=1S/C11H13BN2O2S/c12-7-5-9(11(15)16)10(13-6-7)14-8-1-3-17-4-2-8/h5-6,8H,1-4H2,(H,13,14)(H,15,16). The first-order valence-electron chi connectivity index (χ1n) is 5.50. The summed E-state index contributed by atoms with van der Waals surface area (Å²) in [6.45, 7) is 0. The first kappa shape index (κ1) is 12.3. The van der Waals surface area contributed by atoms with Gasteiger partial charge < -0.3 is 10.4 Å². The minimum atomic E-state index is -1.00. The zero-order valence-electron chi connectivity index (χ0n) is 9.35. The van der Waals surface area contributed by atoms with Crippen molar-refractivity contribution in [2.75, 3.05) is 16.8 Å². The van der Waals surface area contributed by atoms with Crippen LogP contribution in [-0.4, -0.2) is 41.5 Å². The van der Waals surface area contributed by atoms with Gasteiger partial charge in [0, 0.05) is 12.2 Å². The molecule has 2 radical (unpaired) electrons. The Kier molecular flexibility index (Phi) is 3.94. The molecule has 1 aromatic rings. The highest BCUT2D eigenvalue weighted by atomic mass is 32.2. The largest absolute Gasteiger partial charge is 0.478 e. The number of hydrogen-bond donors (Lipinski definition) is 2. The molecule has 0 aliphatic carbocycles. The Morgan fingerprint density at radius 2 is 2.24 bits per heavy atom. The Morgan fingerprint density at radius 3 is 2.88 bits per heavy atom. The van der Waals surface area contributed by atoms with Crippen molar-refractivity contribution in [2.24, 2.45) is 0 Å². The van der Waals surface area contributed by atoms with E-state index in [0.717, 1.165) is 24.3 Å². The summed E-state index contributed by atoms with van der Waals surface area (Å²) in [7, 11) is 5.54. The van der Waals surface area contributed by atoms with E-state index >= 15 is 0 Å². The molecule has 0 atom stereocenters. The summed E-state index contributed by atoms with van der Waals surface area (Å²) in [5, 5.41) is 12.3. The zero-order valence-corrected chi connectivity index (χ0v) is 10.2. The second-order valence-electron chi connectivity index (χ2n) is 4.00. The van der Waals surface area contributed by atoms with E-state index in [2.05, 4.69) is 10.3 Å². The van der Waals surface area contributed by atoms with Crippen LogP contribution in [0.1, 0.15) is 23.2 Å². The van der Waals surface area contributed by atoms with Crippen LogP contribution in [0.5, 0.6) is 0 Å². The maximum Gasteiger partial charge on any atom is 0.339 e. The van der Waals surface area contributed by atoms with Crippen molar-refractivity contribution in [3.63, 3.8) is 0 Å². The smallest absolute Gasteiger partial charge is 0.339 e. The van der Waals surface area contributed by atoms with Crippen LogP contribution in [0.3, 0.4) is 0 Å². The molecule has 2 rings (SSSR count). The average molecular weight is 248 g/mol. The number of hydrogen-bond acceptors (Lipinski definition) is 4. The van der Waals surface area contributed by atoms with Gasteiger partial charge in [-0.15, -0.1) is 0 Å². The van der Waals surface area contributed by atoms with Gasteiger partial charge in [-0.3, -0.25) is 0 Å². The van der Waals surface area contributed by atoms with Crippen LogP contribution in [0, 0.1) is 0 Å². The van der Waals surface area contributed by atoms with Gasteiger partial charge in [0.15, 0.2) is 0 Å². The maximum absolute atomic E-state index is 11.1. The van der Waals surface area contributed by atoms with Gasteiger partial charge in [-0.2, -0.15) is 11.8 Å². The Labute approximate surface area is 106 Å². The van der Waals surface area contributed by atoms with Crippen LogP contribution in [-0.2, 0) is 0 Å². The fourth-order valence-electron chi connectivity index (χ4n) is 1.79. The lowest BCUT2D eigenvalue weighted by Crippen LogP contribution is -2.26. The van der Waals surface area contributed by atoms with Crippen molar-refractivity contribution >= 4 is 36.9 Å². The number of aromatic nitrogens is 1. The number of carbonyl (C=O) groups is 1. The van der Waals surface area contributed by atoms with E-state index in [-0.39, 0.29) is 5.56 Å². The monoisotopic (exact) mass is 248 g/mol. The van der Waals surface area contributed by atoms with E-state index in [1.54, 1.807) is 0 Å². The molecule has 1 fully saturated rings. The number of nitrogens with zero attached hydrogens (tertiary/aromatic N) is 1. The van der Waals surface area contributed by atoms with Crippen LogP contribution in [0.2, 0.25) is 0 Å². The minimum absolute atomic E-state index is 0.142. The molecule has 0 spiro atoms. The molecule has 2 N–H and O–H groups in total. The number of aromatic carboxylic acids is 1. The van der Waals surface area contributed by atoms with E-state index in [1.165, 1.54) is 12.3 Å². The highest BCUT2D eigenvalue weighted by Crippen LogP contribution is 2.21. The fraction of sp³-hybridized carbons (Fsp3) is 0.455. The van der Waals surface area contributed by atoms with Crippen LogP contribution >= 0.6 is 11.8 Å². The van der Waals surface area contributed by atoms with E-state index in [1.807, 2.05) is 11.8 Å². The van der Waals surface area contributed by atoms with Gasteiger partial charge in [0.25, 0.3) is 0 Å². The summed E-state index contributed by atoms with van der Waals surface area (Å²) in [4.78, 5) is 15.1. The topological polar surface area (TPSA) is 62.2 Å². The number of nitrogens with one attached hydrogen (secondary N) is 1. The van der Waals surface area contributed by atoms with Gasteiger partial charge in [0.2, 0.25) is 0 Å². The van der Waals surface area contributed by atoms with Gasteiger partial charge >= 0.3 is 5.97 Å². The number of rotatable bonds is 3. The molecule has 88 valence electrons. The van der Waals surface area contributed by atoms with Gasteiger partial charge in [0.1, 0.15) is 19.2 Å². The SMILES string of the molecule is [B]c1cnc(NC2CCSCC2)c(C(=O)O)c1. The first-order chi connectivity index (χ1) is 8.16. The molecule has 17 heavy (non-hydrogen) atoms. The van der Waals surface area contributed by atoms with Crippen molar-refractivity contribution in [1.29, 1.82) is 0 Å². The highest BCUT2D eigenvalue weighted by molar-refractivity contribution is 7.99.